The standard InChI is InChI=1S/C21H20FN3O2/c22-16-7-5-15(6-8-16)19-17-4-2-1-3-14(17)9-10-25(19)20(26)18-11-21(24,12-23)13-27-18/h1-8,18-19H,9-11,13,24H2/t18-,19+,21-/m1/s1. The van der Waals surface area contributed by atoms with Gasteiger partial charge in [0.25, 0.3) is 5.91 Å². The van der Waals surface area contributed by atoms with Crippen LogP contribution < -0.4 is 5.73 Å². The van der Waals surface area contributed by atoms with E-state index in [0.29, 0.717) is 6.54 Å². The third-order valence-electron chi connectivity index (χ3n) is 5.34. The van der Waals surface area contributed by atoms with Crippen LogP contribution >= 0.6 is 0 Å². The molecule has 2 aliphatic rings. The molecule has 0 unspecified atom stereocenters. The number of benzene rings is 2. The molecule has 6 heteroatoms. The number of hydrogen-bond acceptors (Lipinski definition) is 4. The number of ether oxygens (including phenoxy) is 1. The molecule has 0 aromatic heterocycles. The second-order valence-corrected chi connectivity index (χ2v) is 7.21. The first-order valence-corrected chi connectivity index (χ1v) is 8.96. The third kappa shape index (κ3) is 3.20. The molecule has 2 N–H and O–H groups in total. The van der Waals surface area contributed by atoms with Gasteiger partial charge < -0.3 is 15.4 Å². The van der Waals surface area contributed by atoms with E-state index in [0.717, 1.165) is 17.5 Å². The minimum absolute atomic E-state index is 0.0472. The van der Waals surface area contributed by atoms with Gasteiger partial charge in [-0.3, -0.25) is 4.79 Å². The SMILES string of the molecule is N#C[C@@]1(N)CO[C@@H](C(=O)N2CCc3ccccc3[C@@H]2c2ccc(F)cc2)C1. The molecule has 3 atom stereocenters. The molecular weight excluding hydrogens is 345 g/mol. The van der Waals surface area contributed by atoms with Crippen LogP contribution in [-0.4, -0.2) is 35.6 Å². The number of carbonyl (C=O) groups excluding carboxylic acids is 1. The summed E-state index contributed by atoms with van der Waals surface area (Å²) in [6.07, 6.45) is 0.178. The highest BCUT2D eigenvalue weighted by Gasteiger charge is 2.44. The van der Waals surface area contributed by atoms with Crippen molar-refractivity contribution in [2.24, 2.45) is 5.73 Å². The van der Waals surface area contributed by atoms with Gasteiger partial charge in [-0.05, 0) is 35.2 Å². The molecule has 0 bridgehead atoms. The molecular formula is C21H20FN3O2. The van der Waals surface area contributed by atoms with Crippen LogP contribution in [0.2, 0.25) is 0 Å². The van der Waals surface area contributed by atoms with Crippen molar-refractivity contribution >= 4 is 5.91 Å². The lowest BCUT2D eigenvalue weighted by molar-refractivity contribution is -0.143. The average Bonchev–Trinajstić information content (AvgIpc) is 3.10. The van der Waals surface area contributed by atoms with Crippen molar-refractivity contribution in [2.45, 2.75) is 30.5 Å². The Balaban J connectivity index is 1.70. The molecule has 2 aliphatic heterocycles. The Labute approximate surface area is 157 Å². The lowest BCUT2D eigenvalue weighted by atomic mass is 9.87. The van der Waals surface area contributed by atoms with Crippen molar-refractivity contribution in [1.29, 1.82) is 5.26 Å². The van der Waals surface area contributed by atoms with Crippen molar-refractivity contribution in [2.75, 3.05) is 13.2 Å². The quantitative estimate of drug-likeness (QED) is 0.886. The minimum Gasteiger partial charge on any atom is -0.365 e. The minimum atomic E-state index is -1.13. The summed E-state index contributed by atoms with van der Waals surface area (Å²) in [5.74, 6) is -0.497. The number of carbonyl (C=O) groups is 1. The molecule has 0 saturated carbocycles. The Bertz CT molecular complexity index is 908. The highest BCUT2D eigenvalue weighted by Crippen LogP contribution is 2.37. The maximum absolute atomic E-state index is 13.4. The fourth-order valence-corrected chi connectivity index (χ4v) is 3.93. The Morgan fingerprint density at radius 3 is 2.70 bits per heavy atom. The average molecular weight is 365 g/mol. The van der Waals surface area contributed by atoms with E-state index in [1.807, 2.05) is 24.3 Å². The number of halogens is 1. The molecule has 4 rings (SSSR count). The number of nitriles is 1. The smallest absolute Gasteiger partial charge is 0.252 e. The maximum Gasteiger partial charge on any atom is 0.252 e. The normalized spacial score (nSPS) is 27.1. The van der Waals surface area contributed by atoms with Crippen LogP contribution in [0.1, 0.15) is 29.2 Å². The van der Waals surface area contributed by atoms with Crippen LogP contribution in [0.4, 0.5) is 4.39 Å². The summed E-state index contributed by atoms with van der Waals surface area (Å²) in [5.41, 5.74) is 7.88. The van der Waals surface area contributed by atoms with Crippen LogP contribution in [0.25, 0.3) is 0 Å². The molecule has 0 radical (unpaired) electrons. The van der Waals surface area contributed by atoms with E-state index in [-0.39, 0.29) is 30.8 Å². The molecule has 138 valence electrons. The fraction of sp³-hybridized carbons (Fsp3) is 0.333. The zero-order valence-corrected chi connectivity index (χ0v) is 14.8. The summed E-state index contributed by atoms with van der Waals surface area (Å²) in [7, 11) is 0. The molecule has 0 spiro atoms. The summed E-state index contributed by atoms with van der Waals surface area (Å²) < 4.78 is 19.0. The fourth-order valence-electron chi connectivity index (χ4n) is 3.93. The molecule has 2 heterocycles. The van der Waals surface area contributed by atoms with Crippen molar-refractivity contribution in [3.05, 3.63) is 71.0 Å². The van der Waals surface area contributed by atoms with Gasteiger partial charge in [0.05, 0.1) is 18.7 Å². The van der Waals surface area contributed by atoms with Gasteiger partial charge in [0.15, 0.2) is 0 Å². The van der Waals surface area contributed by atoms with E-state index in [2.05, 4.69) is 6.07 Å². The predicted octanol–water partition coefficient (Wildman–Crippen LogP) is 2.31. The first kappa shape index (κ1) is 17.7. The number of fused-ring (bicyclic) bond motifs is 1. The zero-order valence-electron chi connectivity index (χ0n) is 14.8. The molecule has 2 aromatic rings. The molecule has 1 fully saturated rings. The summed E-state index contributed by atoms with van der Waals surface area (Å²) >= 11 is 0. The topological polar surface area (TPSA) is 79.4 Å². The van der Waals surface area contributed by atoms with Crippen molar-refractivity contribution < 1.29 is 13.9 Å². The van der Waals surface area contributed by atoms with Crippen LogP contribution in [0.3, 0.4) is 0 Å². The van der Waals surface area contributed by atoms with Crippen molar-refractivity contribution in [3.8, 4) is 6.07 Å². The Kier molecular flexibility index (Phi) is 4.42. The van der Waals surface area contributed by atoms with Crippen molar-refractivity contribution in [3.63, 3.8) is 0 Å². The number of hydrogen-bond donors (Lipinski definition) is 1. The van der Waals surface area contributed by atoms with Gasteiger partial charge in [0.2, 0.25) is 0 Å². The number of nitrogens with zero attached hydrogens (tertiary/aromatic N) is 2. The van der Waals surface area contributed by atoms with Gasteiger partial charge in [-0.15, -0.1) is 0 Å². The number of amides is 1. The zero-order chi connectivity index (χ0) is 19.0. The van der Waals surface area contributed by atoms with E-state index in [1.165, 1.54) is 17.7 Å². The largest absolute Gasteiger partial charge is 0.365 e. The Hall–Kier alpha value is -2.75. The second-order valence-electron chi connectivity index (χ2n) is 7.21. The van der Waals surface area contributed by atoms with Crippen LogP contribution in [-0.2, 0) is 16.0 Å². The van der Waals surface area contributed by atoms with Crippen molar-refractivity contribution in [1.82, 2.24) is 4.90 Å². The third-order valence-corrected chi connectivity index (χ3v) is 5.34. The highest BCUT2D eigenvalue weighted by atomic mass is 19.1. The van der Waals surface area contributed by atoms with E-state index < -0.39 is 11.6 Å². The summed E-state index contributed by atoms with van der Waals surface area (Å²) in [4.78, 5) is 15.0. The lowest BCUT2D eigenvalue weighted by Crippen LogP contribution is -2.46. The van der Waals surface area contributed by atoms with Gasteiger partial charge in [-0.25, -0.2) is 4.39 Å². The van der Waals surface area contributed by atoms with Gasteiger partial charge >= 0.3 is 0 Å². The Morgan fingerprint density at radius 2 is 2.00 bits per heavy atom. The Morgan fingerprint density at radius 1 is 1.26 bits per heavy atom. The van der Waals surface area contributed by atoms with Gasteiger partial charge in [-0.1, -0.05) is 36.4 Å². The predicted molar refractivity (Wildman–Crippen MR) is 97.0 cm³/mol. The van der Waals surface area contributed by atoms with Gasteiger partial charge in [0, 0.05) is 13.0 Å². The second kappa shape index (κ2) is 6.76. The summed E-state index contributed by atoms with van der Waals surface area (Å²) in [5, 5.41) is 9.21. The maximum atomic E-state index is 13.4. The highest BCUT2D eigenvalue weighted by molar-refractivity contribution is 5.83. The summed E-state index contributed by atoms with van der Waals surface area (Å²) in [6.45, 7) is 0.577. The van der Waals surface area contributed by atoms with E-state index in [1.54, 1.807) is 17.0 Å². The van der Waals surface area contributed by atoms with Crippen LogP contribution in [0, 0.1) is 17.1 Å². The first-order valence-electron chi connectivity index (χ1n) is 8.96. The van der Waals surface area contributed by atoms with Gasteiger partial charge in [0.1, 0.15) is 17.5 Å². The monoisotopic (exact) mass is 365 g/mol. The molecule has 2 aromatic carbocycles. The molecule has 1 amide bonds. The van der Waals surface area contributed by atoms with E-state index in [9.17, 15) is 14.4 Å². The van der Waals surface area contributed by atoms with E-state index in [4.69, 9.17) is 10.5 Å². The lowest BCUT2D eigenvalue weighted by Gasteiger charge is -2.39. The number of nitrogens with two attached hydrogens (primary N) is 1. The van der Waals surface area contributed by atoms with E-state index >= 15 is 0 Å². The first-order chi connectivity index (χ1) is 13.0. The van der Waals surface area contributed by atoms with Crippen LogP contribution in [0.15, 0.2) is 48.5 Å². The molecule has 5 nitrogen and oxygen atoms in total. The van der Waals surface area contributed by atoms with Gasteiger partial charge in [-0.2, -0.15) is 5.26 Å². The molecule has 1 saturated heterocycles. The van der Waals surface area contributed by atoms with Crippen LogP contribution in [0.5, 0.6) is 0 Å². The number of rotatable bonds is 2. The molecule has 27 heavy (non-hydrogen) atoms. The summed E-state index contributed by atoms with van der Waals surface area (Å²) in [6, 6.07) is 15.9. The molecule has 0 aliphatic carbocycles.